The lowest BCUT2D eigenvalue weighted by Crippen LogP contribution is -2.47. The number of carbonyl (C=O) groups excluding carboxylic acids is 6. The number of alkyl halides is 1. The third-order valence-electron chi connectivity index (χ3n) is 6.89. The maximum Gasteiger partial charge on any atom is 0.334 e. The van der Waals surface area contributed by atoms with E-state index in [0.29, 0.717) is 30.2 Å². The van der Waals surface area contributed by atoms with E-state index in [1.54, 1.807) is 6.92 Å². The molecule has 1 rings (SSSR count). The van der Waals surface area contributed by atoms with E-state index in [9.17, 15) is 38.0 Å². The van der Waals surface area contributed by atoms with Crippen LogP contribution in [0.5, 0.6) is 0 Å². The zero-order valence-electron chi connectivity index (χ0n) is 26.8. The van der Waals surface area contributed by atoms with Crippen LogP contribution in [-0.4, -0.2) is 95.3 Å². The van der Waals surface area contributed by atoms with E-state index >= 15 is 0 Å². The molecule has 0 fully saturated rings. The third-order valence-corrected chi connectivity index (χ3v) is 7.88. The van der Waals surface area contributed by atoms with Crippen molar-refractivity contribution in [1.82, 2.24) is 20.9 Å². The lowest BCUT2D eigenvalue weighted by Gasteiger charge is -2.22. The summed E-state index contributed by atoms with van der Waals surface area (Å²) in [6, 6.07) is -1.56. The van der Waals surface area contributed by atoms with Gasteiger partial charge in [0, 0.05) is 30.9 Å². The molecule has 2 unspecified atom stereocenters. The summed E-state index contributed by atoms with van der Waals surface area (Å²) in [4.78, 5) is 85.5. The number of esters is 1. The number of rotatable bonds is 20. The van der Waals surface area contributed by atoms with Crippen molar-refractivity contribution in [2.45, 2.75) is 70.6 Å². The molecule has 0 heterocycles. The second kappa shape index (κ2) is 20.9. The third kappa shape index (κ3) is 14.7. The monoisotopic (exact) mass is 762 g/mol. The molecule has 15 nitrogen and oxygen atoms in total. The average Bonchev–Trinajstić information content (AvgIpc) is 3.03. The van der Waals surface area contributed by atoms with Crippen LogP contribution in [0.4, 0.5) is 14.9 Å². The first-order chi connectivity index (χ1) is 22.5. The van der Waals surface area contributed by atoms with Gasteiger partial charge < -0.3 is 41.7 Å². The average molecular weight is 764 g/mol. The van der Waals surface area contributed by atoms with Gasteiger partial charge in [0.05, 0.1) is 28.9 Å². The number of hydrogen-bond donors (Lipinski definition) is 6. The number of likely N-dealkylation sites (N-methyl/N-ethyl adjacent to an activating group) is 1. The molecule has 48 heavy (non-hydrogen) atoms. The predicted molar refractivity (Wildman–Crippen MR) is 178 cm³/mol. The summed E-state index contributed by atoms with van der Waals surface area (Å²) in [5, 5.41) is 18.7. The zero-order chi connectivity index (χ0) is 36.6. The van der Waals surface area contributed by atoms with Crippen LogP contribution >= 0.6 is 27.5 Å². The van der Waals surface area contributed by atoms with Crippen LogP contribution in [0.3, 0.4) is 0 Å². The topological polar surface area (TPSA) is 226 Å². The first-order valence-electron chi connectivity index (χ1n) is 14.8. The van der Waals surface area contributed by atoms with Crippen molar-refractivity contribution in [2.75, 3.05) is 30.8 Å². The highest BCUT2D eigenvalue weighted by Crippen LogP contribution is 2.26. The highest BCUT2D eigenvalue weighted by Gasteiger charge is 2.27. The number of carboxylic acid groups (broad SMARTS) is 1. The number of anilines is 1. The number of carbonyl (C=O) groups is 7. The Morgan fingerprint density at radius 1 is 1.06 bits per heavy atom. The fourth-order valence-electron chi connectivity index (χ4n) is 3.95. The lowest BCUT2D eigenvalue weighted by atomic mass is 10.1. The molecule has 1 aromatic carbocycles. The molecule has 18 heteroatoms. The summed E-state index contributed by atoms with van der Waals surface area (Å²) in [6.45, 7) is 6.16. The highest BCUT2D eigenvalue weighted by molar-refractivity contribution is 9.09. The maximum atomic E-state index is 15.0. The zero-order valence-corrected chi connectivity index (χ0v) is 29.2. The van der Waals surface area contributed by atoms with Crippen molar-refractivity contribution in [3.05, 3.63) is 40.7 Å². The van der Waals surface area contributed by atoms with Gasteiger partial charge in [-0.15, -0.1) is 0 Å². The quantitative estimate of drug-likeness (QED) is 0.0496. The van der Waals surface area contributed by atoms with Gasteiger partial charge in [0.15, 0.2) is 0 Å². The van der Waals surface area contributed by atoms with Gasteiger partial charge in [-0.1, -0.05) is 34.1 Å². The second-order valence-electron chi connectivity index (χ2n) is 10.8. The highest BCUT2D eigenvalue weighted by atomic mass is 79.9. The second-order valence-corrected chi connectivity index (χ2v) is 11.7. The number of hydrogen-bond acceptors (Lipinski definition) is 8. The molecule has 0 aromatic heterocycles. The summed E-state index contributed by atoms with van der Waals surface area (Å²) >= 11 is 9.30. The molecule has 3 atom stereocenters. The number of carboxylic acids is 1. The number of nitrogens with two attached hydrogens (primary N) is 1. The number of nitrogens with one attached hydrogen (secondary N) is 4. The molecule has 7 N–H and O–H groups in total. The van der Waals surface area contributed by atoms with Crippen molar-refractivity contribution in [3.63, 3.8) is 0 Å². The van der Waals surface area contributed by atoms with Gasteiger partial charge in [0.2, 0.25) is 17.7 Å². The smallest absolute Gasteiger partial charge is 0.334 e. The Morgan fingerprint density at radius 3 is 2.33 bits per heavy atom. The Balaban J connectivity index is 2.81. The van der Waals surface area contributed by atoms with Gasteiger partial charge >= 0.3 is 18.0 Å². The Morgan fingerprint density at radius 2 is 1.73 bits per heavy atom. The Labute approximate surface area is 290 Å². The van der Waals surface area contributed by atoms with Gasteiger partial charge in [-0.2, -0.15) is 0 Å². The van der Waals surface area contributed by atoms with Crippen molar-refractivity contribution in [1.29, 1.82) is 0 Å². The molecule has 0 aliphatic rings. The summed E-state index contributed by atoms with van der Waals surface area (Å²) in [6.07, 6.45) is 1.42. The molecule has 0 aliphatic carbocycles. The van der Waals surface area contributed by atoms with Crippen LogP contribution < -0.4 is 27.0 Å². The Hall–Kier alpha value is -4.25. The van der Waals surface area contributed by atoms with Crippen LogP contribution in [0, 0.1) is 5.82 Å². The van der Waals surface area contributed by atoms with E-state index < -0.39 is 71.7 Å². The van der Waals surface area contributed by atoms with Crippen LogP contribution in [0.15, 0.2) is 24.3 Å². The number of aliphatic carboxylic acids is 1. The fourth-order valence-corrected chi connectivity index (χ4v) is 4.43. The maximum absolute atomic E-state index is 15.0. The van der Waals surface area contributed by atoms with Crippen molar-refractivity contribution < 1.29 is 47.8 Å². The Kier molecular flexibility index (Phi) is 18.2. The standard InChI is InChI=1S/C30H41BrClFN6O9/c1-16(14-31)29(46)48-17(2)8-5-6-10-24(40)36-15-25(41)37-22(9-7-11-35-30(34)47)26(42)38-23-13-20(32)19(12-21(23)33)27(43)39(4)18(3)28(44)45/h12-13,17-18,22H,1,5-11,14-15H2,2-4H3,(H,36,40)(H,37,41)(H,38,42)(H,44,45)(H3,34,35,47)/t17?,18-,22?/m0/s1. The first-order valence-corrected chi connectivity index (χ1v) is 16.3. The number of primary amides is 1. The van der Waals surface area contributed by atoms with Gasteiger partial charge in [-0.25, -0.2) is 18.8 Å². The number of amides is 6. The first kappa shape index (κ1) is 41.8. The van der Waals surface area contributed by atoms with Crippen LogP contribution in [-0.2, 0) is 28.7 Å². The van der Waals surface area contributed by atoms with Crippen molar-refractivity contribution in [3.8, 4) is 0 Å². The van der Waals surface area contributed by atoms with Gasteiger partial charge in [0.25, 0.3) is 5.91 Å². The molecule has 0 bridgehead atoms. The van der Waals surface area contributed by atoms with Crippen LogP contribution in [0.25, 0.3) is 0 Å². The lowest BCUT2D eigenvalue weighted by molar-refractivity contribution is -0.144. The normalized spacial score (nSPS) is 12.5. The molecule has 0 saturated carbocycles. The molecule has 266 valence electrons. The largest absolute Gasteiger partial charge is 0.480 e. The fraction of sp³-hybridized carbons (Fsp3) is 0.500. The molecular formula is C30H41BrClFN6O9. The number of urea groups is 1. The van der Waals surface area contributed by atoms with E-state index in [4.69, 9.17) is 27.2 Å². The molecular weight excluding hydrogens is 723 g/mol. The summed E-state index contributed by atoms with van der Waals surface area (Å²) in [7, 11) is 1.21. The van der Waals surface area contributed by atoms with Gasteiger partial charge in [-0.3, -0.25) is 19.2 Å². The predicted octanol–water partition coefficient (Wildman–Crippen LogP) is 2.46. The molecule has 0 radical (unpaired) electrons. The number of unbranched alkanes of at least 4 members (excludes halogenated alkanes) is 1. The number of benzene rings is 1. The molecule has 0 saturated heterocycles. The van der Waals surface area contributed by atoms with Crippen LogP contribution in [0.2, 0.25) is 5.02 Å². The minimum absolute atomic E-state index is 0.0265. The SMILES string of the molecule is C=C(CBr)C(=O)OC(C)CCCCC(=O)NCC(=O)NC(CCCNC(N)=O)C(=O)Nc1cc(Cl)c(C(=O)N(C)[C@@H](C)C(=O)O)cc1F. The summed E-state index contributed by atoms with van der Waals surface area (Å²) < 4.78 is 20.2. The van der Waals surface area contributed by atoms with E-state index in [1.165, 1.54) is 14.0 Å². The van der Waals surface area contributed by atoms with Crippen molar-refractivity contribution in [2.24, 2.45) is 5.73 Å². The summed E-state index contributed by atoms with van der Waals surface area (Å²) in [5.41, 5.74) is 4.59. The van der Waals surface area contributed by atoms with E-state index in [0.717, 1.165) is 17.0 Å². The molecule has 0 spiro atoms. The molecule has 0 aliphatic heterocycles. The minimum Gasteiger partial charge on any atom is -0.480 e. The number of ether oxygens (including phenoxy) is 1. The van der Waals surface area contributed by atoms with Gasteiger partial charge in [0.1, 0.15) is 17.9 Å². The Bertz CT molecular complexity index is 1380. The number of nitrogens with zero attached hydrogens (tertiary/aromatic N) is 1. The van der Waals surface area contributed by atoms with E-state index in [-0.39, 0.29) is 42.5 Å². The van der Waals surface area contributed by atoms with E-state index in [1.807, 2.05) is 0 Å². The molecule has 1 aromatic rings. The van der Waals surface area contributed by atoms with Crippen molar-refractivity contribution >= 4 is 74.8 Å². The van der Waals surface area contributed by atoms with Gasteiger partial charge in [-0.05, 0) is 58.1 Å². The molecule has 6 amide bonds. The summed E-state index contributed by atoms with van der Waals surface area (Å²) in [5.74, 6) is -5.74. The number of halogens is 3. The van der Waals surface area contributed by atoms with E-state index in [2.05, 4.69) is 43.8 Å². The van der Waals surface area contributed by atoms with Crippen LogP contribution in [0.1, 0.15) is 62.7 Å². The minimum atomic E-state index is -1.29.